The SMILES string of the molecule is CC.CC.CC.O=c1c2cc3c4c5c(cc6c(=O)n7c8ccccc8nc7c7ccc(c8ccc(c2c84)c2nc4ccccc4n12)c5c67)OC3. The molecule has 1 aliphatic rings. The number of nitrogens with zero attached hydrogens (tertiary/aromatic N) is 4. The summed E-state index contributed by atoms with van der Waals surface area (Å²) in [7, 11) is 0. The molecule has 1 aliphatic heterocycles. The molecule has 0 spiro atoms. The summed E-state index contributed by atoms with van der Waals surface area (Å²) in [4.78, 5) is 38.3. The first-order chi connectivity index (χ1) is 24.7. The highest BCUT2D eigenvalue weighted by molar-refractivity contribution is 6.42. The Morgan fingerprint density at radius 1 is 0.500 bits per heavy atom. The Hall–Kier alpha value is -6.08. The van der Waals surface area contributed by atoms with Crippen LogP contribution in [0.3, 0.4) is 0 Å². The van der Waals surface area contributed by atoms with Crippen LogP contribution < -0.4 is 15.9 Å². The highest BCUT2D eigenvalue weighted by atomic mass is 16.5. The van der Waals surface area contributed by atoms with Crippen LogP contribution in [-0.2, 0) is 6.61 Å². The molecule has 5 heterocycles. The number of fused-ring (bicyclic) bond motifs is 9. The van der Waals surface area contributed by atoms with E-state index in [-0.39, 0.29) is 11.1 Å². The van der Waals surface area contributed by atoms with E-state index in [1.165, 1.54) is 0 Å². The molecule has 11 aromatic rings. The minimum Gasteiger partial charge on any atom is -0.488 e. The van der Waals surface area contributed by atoms with Gasteiger partial charge in [0.25, 0.3) is 11.1 Å². The van der Waals surface area contributed by atoms with Gasteiger partial charge < -0.3 is 4.74 Å². The zero-order chi connectivity index (χ0) is 34.6. The topological polar surface area (TPSA) is 78.0 Å². The fourth-order valence-electron chi connectivity index (χ4n) is 8.30. The molecule has 50 heavy (non-hydrogen) atoms. The third kappa shape index (κ3) is 3.44. The third-order valence-electron chi connectivity index (χ3n) is 10.0. The van der Waals surface area contributed by atoms with Gasteiger partial charge in [-0.15, -0.1) is 0 Å². The summed E-state index contributed by atoms with van der Waals surface area (Å²) in [5.74, 6) is 0.695. The van der Waals surface area contributed by atoms with Crippen LogP contribution in [0.2, 0.25) is 0 Å². The highest BCUT2D eigenvalue weighted by Gasteiger charge is 2.29. The van der Waals surface area contributed by atoms with E-state index >= 15 is 0 Å². The van der Waals surface area contributed by atoms with E-state index in [9.17, 15) is 9.59 Å². The molecule has 7 aromatic carbocycles. The summed E-state index contributed by atoms with van der Waals surface area (Å²) < 4.78 is 9.92. The molecular formula is C43H34N4O3. The molecule has 7 heteroatoms. The minimum atomic E-state index is -0.101. The second kappa shape index (κ2) is 10.7. The number of rotatable bonds is 0. The van der Waals surface area contributed by atoms with Crippen LogP contribution in [0.15, 0.2) is 94.5 Å². The molecule has 0 aliphatic carbocycles. The van der Waals surface area contributed by atoms with Crippen molar-refractivity contribution in [2.24, 2.45) is 0 Å². The Balaban J connectivity index is 0.000000535. The van der Waals surface area contributed by atoms with Crippen molar-refractivity contribution in [3.63, 3.8) is 0 Å². The molecule has 244 valence electrons. The van der Waals surface area contributed by atoms with Gasteiger partial charge in [0.1, 0.15) is 23.7 Å². The number of benzene rings is 7. The van der Waals surface area contributed by atoms with Crippen LogP contribution in [-0.4, -0.2) is 18.8 Å². The van der Waals surface area contributed by atoms with Crippen molar-refractivity contribution in [1.29, 1.82) is 0 Å². The van der Waals surface area contributed by atoms with Gasteiger partial charge in [-0.25, -0.2) is 9.97 Å². The Labute approximate surface area is 286 Å². The quantitative estimate of drug-likeness (QED) is 0.120. The number of aromatic nitrogens is 4. The lowest BCUT2D eigenvalue weighted by Crippen LogP contribution is -2.16. The molecule has 0 N–H and O–H groups in total. The zero-order valence-corrected chi connectivity index (χ0v) is 28.8. The van der Waals surface area contributed by atoms with Gasteiger partial charge in [-0.3, -0.25) is 18.4 Å². The number of ether oxygens (including phenoxy) is 1. The number of pyridine rings is 2. The van der Waals surface area contributed by atoms with Crippen molar-refractivity contribution < 1.29 is 4.74 Å². The van der Waals surface area contributed by atoms with Crippen LogP contribution in [0.25, 0.3) is 98.0 Å². The summed E-state index contributed by atoms with van der Waals surface area (Å²) in [6, 6.07) is 28.0. The molecule has 0 fully saturated rings. The second-order valence-electron chi connectivity index (χ2n) is 12.0. The second-order valence-corrected chi connectivity index (χ2v) is 12.0. The summed E-state index contributed by atoms with van der Waals surface area (Å²) in [6.07, 6.45) is 0. The fourth-order valence-corrected chi connectivity index (χ4v) is 8.30. The van der Waals surface area contributed by atoms with E-state index in [4.69, 9.17) is 14.7 Å². The molecule has 0 saturated heterocycles. The average molecular weight is 655 g/mol. The zero-order valence-electron chi connectivity index (χ0n) is 28.8. The van der Waals surface area contributed by atoms with Crippen LogP contribution in [0.1, 0.15) is 47.1 Å². The van der Waals surface area contributed by atoms with E-state index in [0.717, 1.165) is 81.5 Å². The lowest BCUT2D eigenvalue weighted by atomic mass is 9.83. The van der Waals surface area contributed by atoms with Crippen LogP contribution >= 0.6 is 0 Å². The normalized spacial score (nSPS) is 12.4. The summed E-state index contributed by atoms with van der Waals surface area (Å²) in [5, 5.41) is 11.2. The van der Waals surface area contributed by atoms with Crippen molar-refractivity contribution in [3.8, 4) is 5.75 Å². The van der Waals surface area contributed by atoms with Crippen molar-refractivity contribution >= 4 is 98.0 Å². The van der Waals surface area contributed by atoms with Crippen molar-refractivity contribution in [2.75, 3.05) is 0 Å². The van der Waals surface area contributed by atoms with Crippen LogP contribution in [0.5, 0.6) is 5.75 Å². The first-order valence-electron chi connectivity index (χ1n) is 17.6. The van der Waals surface area contributed by atoms with Gasteiger partial charge in [0, 0.05) is 43.1 Å². The molecule has 0 amide bonds. The molecule has 0 bridgehead atoms. The van der Waals surface area contributed by atoms with Crippen LogP contribution in [0.4, 0.5) is 0 Å². The first kappa shape index (κ1) is 30.0. The van der Waals surface area contributed by atoms with Gasteiger partial charge in [-0.2, -0.15) is 0 Å². The smallest absolute Gasteiger partial charge is 0.264 e. The number of imidazole rings is 2. The molecule has 0 saturated carbocycles. The number of hydrogen-bond donors (Lipinski definition) is 0. The van der Waals surface area contributed by atoms with E-state index in [1.807, 2.05) is 102 Å². The van der Waals surface area contributed by atoms with E-state index in [0.29, 0.717) is 34.4 Å². The van der Waals surface area contributed by atoms with E-state index in [1.54, 1.807) is 8.80 Å². The van der Waals surface area contributed by atoms with Gasteiger partial charge in [-0.1, -0.05) is 77.9 Å². The van der Waals surface area contributed by atoms with Crippen molar-refractivity contribution in [2.45, 2.75) is 48.1 Å². The largest absolute Gasteiger partial charge is 0.488 e. The molecule has 12 rings (SSSR count). The molecule has 0 unspecified atom stereocenters. The Morgan fingerprint density at radius 2 is 0.960 bits per heavy atom. The Morgan fingerprint density at radius 3 is 1.50 bits per heavy atom. The molecule has 0 atom stereocenters. The fraction of sp³-hybridized carbons (Fsp3) is 0.163. The Bertz CT molecular complexity index is 3050. The maximum atomic E-state index is 14.2. The average Bonchev–Trinajstić information content (AvgIpc) is 3.77. The number of hydrogen-bond acceptors (Lipinski definition) is 5. The standard InChI is InChI=1S/C37H16N4O3.3C2H6/c42-36-21-13-16-15-44-27-14-22-30-20(35-39-24-6-2-4-8-26(24)41(35)37(22)43)12-10-18-17-9-11-19(29(21)31(17)28(16)33(27)32(18)30)34-38-23-5-1-3-7-25(23)40(34)36;3*1-2/h1-14H,15H2;3*1-2H3. The summed E-state index contributed by atoms with van der Waals surface area (Å²) >= 11 is 0. The summed E-state index contributed by atoms with van der Waals surface area (Å²) in [5.41, 5.74) is 5.31. The number of para-hydroxylation sites is 4. The van der Waals surface area contributed by atoms with Gasteiger partial charge in [-0.05, 0) is 70.3 Å². The molecule has 0 radical (unpaired) electrons. The summed E-state index contributed by atoms with van der Waals surface area (Å²) in [6.45, 7) is 12.3. The van der Waals surface area contributed by atoms with Crippen molar-refractivity contribution in [1.82, 2.24) is 18.8 Å². The van der Waals surface area contributed by atoms with E-state index in [2.05, 4.69) is 24.3 Å². The van der Waals surface area contributed by atoms with Gasteiger partial charge in [0.2, 0.25) is 0 Å². The van der Waals surface area contributed by atoms with Gasteiger partial charge >= 0.3 is 0 Å². The van der Waals surface area contributed by atoms with E-state index < -0.39 is 0 Å². The lowest BCUT2D eigenvalue weighted by Gasteiger charge is -2.25. The van der Waals surface area contributed by atoms with Crippen LogP contribution in [0, 0.1) is 0 Å². The first-order valence-corrected chi connectivity index (χ1v) is 17.6. The van der Waals surface area contributed by atoms with Gasteiger partial charge in [0.15, 0.2) is 0 Å². The molecule has 7 nitrogen and oxygen atoms in total. The maximum absolute atomic E-state index is 14.2. The molecular weight excluding hydrogens is 620 g/mol. The lowest BCUT2D eigenvalue weighted by molar-refractivity contribution is 0.309. The third-order valence-corrected chi connectivity index (χ3v) is 10.0. The molecule has 4 aromatic heterocycles. The minimum absolute atomic E-state index is 0.0764. The van der Waals surface area contributed by atoms with Crippen molar-refractivity contribution in [3.05, 3.63) is 111 Å². The highest BCUT2D eigenvalue weighted by Crippen LogP contribution is 2.51. The Kier molecular flexibility index (Phi) is 6.43. The monoisotopic (exact) mass is 654 g/mol. The predicted octanol–water partition coefficient (Wildman–Crippen LogP) is 10.2. The van der Waals surface area contributed by atoms with Gasteiger partial charge in [0.05, 0.1) is 27.5 Å². The maximum Gasteiger partial charge on any atom is 0.264 e. The predicted molar refractivity (Wildman–Crippen MR) is 208 cm³/mol.